The van der Waals surface area contributed by atoms with E-state index in [0.717, 1.165) is 24.8 Å². The van der Waals surface area contributed by atoms with Crippen molar-refractivity contribution in [1.82, 2.24) is 10.2 Å². The van der Waals surface area contributed by atoms with Crippen molar-refractivity contribution in [1.29, 1.82) is 0 Å². The van der Waals surface area contributed by atoms with Gasteiger partial charge in [-0.05, 0) is 38.7 Å². The topological polar surface area (TPSA) is 69.6 Å². The number of carbonyl (C=O) groups excluding carboxylic acids is 1. The first-order valence-electron chi connectivity index (χ1n) is 7.03. The zero-order valence-electron chi connectivity index (χ0n) is 13.3. The summed E-state index contributed by atoms with van der Waals surface area (Å²) < 4.78 is 0. The van der Waals surface area contributed by atoms with Crippen LogP contribution in [0.1, 0.15) is 30.5 Å². The molecule has 1 aromatic rings. The lowest BCUT2D eigenvalue weighted by atomic mass is 9.99. The van der Waals surface area contributed by atoms with Crippen molar-refractivity contribution < 1.29 is 14.7 Å². The minimum Gasteiger partial charge on any atom is -0.481 e. The number of aldehydes is 1. The lowest BCUT2D eigenvalue weighted by Gasteiger charge is -2.16. The quantitative estimate of drug-likeness (QED) is 0.750. The molecule has 0 radical (unpaired) electrons. The minimum absolute atomic E-state index is 0.196. The maximum Gasteiger partial charge on any atom is 0.303 e. The van der Waals surface area contributed by atoms with Crippen LogP contribution in [0, 0.1) is 0 Å². The summed E-state index contributed by atoms with van der Waals surface area (Å²) in [6, 6.07) is 7.90. The Hall–Kier alpha value is -1.72. The number of hydrogen-bond donors (Lipinski definition) is 2. The summed E-state index contributed by atoms with van der Waals surface area (Å²) in [5.74, 6) is -0.745. The molecule has 1 rings (SSSR count). The largest absolute Gasteiger partial charge is 0.481 e. The first-order valence-corrected chi connectivity index (χ1v) is 7.03. The van der Waals surface area contributed by atoms with Crippen molar-refractivity contribution in [2.24, 2.45) is 0 Å². The normalized spacial score (nSPS) is 11.5. The van der Waals surface area contributed by atoms with E-state index in [0.29, 0.717) is 0 Å². The number of likely N-dealkylation sites (N-methyl/N-ethyl adjacent to an activating group) is 2. The van der Waals surface area contributed by atoms with Crippen LogP contribution in [-0.2, 0) is 16.0 Å². The first-order chi connectivity index (χ1) is 9.96. The summed E-state index contributed by atoms with van der Waals surface area (Å²) >= 11 is 0. The van der Waals surface area contributed by atoms with E-state index in [1.165, 1.54) is 5.56 Å². The third-order valence-corrected chi connectivity index (χ3v) is 2.97. The number of carbonyl (C=O) groups is 2. The van der Waals surface area contributed by atoms with Gasteiger partial charge < -0.3 is 20.1 Å². The maximum atomic E-state index is 11.0. The van der Waals surface area contributed by atoms with Gasteiger partial charge in [-0.2, -0.15) is 0 Å². The molecular formula is C16H26N2O3. The number of benzene rings is 1. The maximum absolute atomic E-state index is 11.0. The predicted octanol–water partition coefficient (Wildman–Crippen LogP) is 1.73. The molecule has 5 heteroatoms. The molecule has 0 aromatic heterocycles. The molecule has 118 valence electrons. The molecule has 0 aliphatic carbocycles. The number of hydrogen-bond acceptors (Lipinski definition) is 4. The molecule has 5 nitrogen and oxygen atoms in total. The van der Waals surface area contributed by atoms with Crippen molar-refractivity contribution in [2.45, 2.75) is 25.8 Å². The Morgan fingerprint density at radius 2 is 1.95 bits per heavy atom. The summed E-state index contributed by atoms with van der Waals surface area (Å²) in [6.07, 6.45) is 2.14. The fraction of sp³-hybridized carbons (Fsp3) is 0.500. The molecule has 0 spiro atoms. The summed E-state index contributed by atoms with van der Waals surface area (Å²) in [5, 5.41) is 10.7. The molecule has 0 aliphatic rings. The van der Waals surface area contributed by atoms with Gasteiger partial charge in [-0.15, -0.1) is 0 Å². The Labute approximate surface area is 127 Å². The summed E-state index contributed by atoms with van der Waals surface area (Å²) in [4.78, 5) is 22.5. The Kier molecular flexibility index (Phi) is 10.1. The highest BCUT2D eigenvalue weighted by Gasteiger charge is 2.11. The van der Waals surface area contributed by atoms with Crippen molar-refractivity contribution in [2.75, 3.05) is 27.7 Å². The second-order valence-corrected chi connectivity index (χ2v) is 4.90. The van der Waals surface area contributed by atoms with E-state index in [2.05, 4.69) is 30.4 Å². The fourth-order valence-corrected chi connectivity index (χ4v) is 1.71. The van der Waals surface area contributed by atoms with Crippen LogP contribution < -0.4 is 5.32 Å². The molecule has 0 aliphatic heterocycles. The van der Waals surface area contributed by atoms with E-state index in [-0.39, 0.29) is 12.5 Å². The van der Waals surface area contributed by atoms with E-state index in [9.17, 15) is 9.59 Å². The van der Waals surface area contributed by atoms with E-state index in [1.807, 2.05) is 25.2 Å². The van der Waals surface area contributed by atoms with Crippen LogP contribution in [0.25, 0.3) is 0 Å². The van der Waals surface area contributed by atoms with E-state index < -0.39 is 5.97 Å². The molecule has 0 saturated carbocycles. The summed E-state index contributed by atoms with van der Waals surface area (Å²) in [6.45, 7) is 2.59. The zero-order chi connectivity index (χ0) is 16.3. The molecule has 0 fully saturated rings. The van der Waals surface area contributed by atoms with Crippen molar-refractivity contribution in [3.63, 3.8) is 0 Å². The van der Waals surface area contributed by atoms with Gasteiger partial charge >= 0.3 is 5.97 Å². The number of aliphatic carboxylic acids is 1. The predicted molar refractivity (Wildman–Crippen MR) is 84.5 cm³/mol. The van der Waals surface area contributed by atoms with Gasteiger partial charge in [0, 0.05) is 13.0 Å². The Balaban J connectivity index is 0.000000690. The first kappa shape index (κ1) is 19.3. The second kappa shape index (κ2) is 11.0. The highest BCUT2D eigenvalue weighted by molar-refractivity contribution is 5.66. The standard InChI is InChI=1S/C13H20N2O.C3H6O2/c1-14-13(10-16)12-7-5-4-6-11(12)8-9-15(2)3;1-2-3(4)5/h4-7,10,13-14H,8-9H2,1-3H3;2H2,1H3,(H,4,5). The lowest BCUT2D eigenvalue weighted by Crippen LogP contribution is -2.21. The molecule has 1 aromatic carbocycles. The average molecular weight is 294 g/mol. The molecule has 0 amide bonds. The third-order valence-electron chi connectivity index (χ3n) is 2.97. The van der Waals surface area contributed by atoms with Crippen LogP contribution >= 0.6 is 0 Å². The number of nitrogens with zero attached hydrogens (tertiary/aromatic N) is 1. The molecule has 1 atom stereocenters. The van der Waals surface area contributed by atoms with E-state index >= 15 is 0 Å². The molecule has 0 heterocycles. The van der Waals surface area contributed by atoms with Gasteiger partial charge in [-0.1, -0.05) is 31.2 Å². The number of nitrogens with one attached hydrogen (secondary N) is 1. The van der Waals surface area contributed by atoms with Gasteiger partial charge in [0.1, 0.15) is 6.29 Å². The van der Waals surface area contributed by atoms with Crippen LogP contribution in [0.5, 0.6) is 0 Å². The molecular weight excluding hydrogens is 268 g/mol. The smallest absolute Gasteiger partial charge is 0.303 e. The third kappa shape index (κ3) is 8.22. The van der Waals surface area contributed by atoms with E-state index in [4.69, 9.17) is 5.11 Å². The van der Waals surface area contributed by atoms with Crippen molar-refractivity contribution in [3.05, 3.63) is 35.4 Å². The number of carboxylic acid groups (broad SMARTS) is 1. The molecule has 21 heavy (non-hydrogen) atoms. The Bertz CT molecular complexity index is 433. The molecule has 1 unspecified atom stereocenters. The van der Waals surface area contributed by atoms with Gasteiger partial charge in [0.2, 0.25) is 0 Å². The van der Waals surface area contributed by atoms with Gasteiger partial charge in [0.05, 0.1) is 6.04 Å². The number of rotatable bonds is 7. The molecule has 0 saturated heterocycles. The van der Waals surface area contributed by atoms with Gasteiger partial charge in [-0.3, -0.25) is 4.79 Å². The molecule has 0 bridgehead atoms. The molecule has 2 N–H and O–H groups in total. The van der Waals surface area contributed by atoms with Gasteiger partial charge in [-0.25, -0.2) is 0 Å². The monoisotopic (exact) mass is 294 g/mol. The van der Waals surface area contributed by atoms with Crippen LogP contribution in [-0.4, -0.2) is 49.9 Å². The SMILES string of the molecule is CCC(=O)O.CNC(C=O)c1ccccc1CCN(C)C. The fourth-order valence-electron chi connectivity index (χ4n) is 1.71. The van der Waals surface area contributed by atoms with Gasteiger partial charge in [0.25, 0.3) is 0 Å². The van der Waals surface area contributed by atoms with Crippen LogP contribution in [0.15, 0.2) is 24.3 Å². The van der Waals surface area contributed by atoms with Gasteiger partial charge in [0.15, 0.2) is 0 Å². The lowest BCUT2D eigenvalue weighted by molar-refractivity contribution is -0.136. The van der Waals surface area contributed by atoms with Crippen molar-refractivity contribution >= 4 is 12.3 Å². The van der Waals surface area contributed by atoms with Crippen LogP contribution in [0.4, 0.5) is 0 Å². The Morgan fingerprint density at radius 1 is 1.38 bits per heavy atom. The van der Waals surface area contributed by atoms with Crippen LogP contribution in [0.2, 0.25) is 0 Å². The average Bonchev–Trinajstić information content (AvgIpc) is 2.48. The highest BCUT2D eigenvalue weighted by Crippen LogP contribution is 2.16. The Morgan fingerprint density at radius 3 is 2.38 bits per heavy atom. The highest BCUT2D eigenvalue weighted by atomic mass is 16.4. The summed E-state index contributed by atoms with van der Waals surface area (Å²) in [5.41, 5.74) is 2.32. The van der Waals surface area contributed by atoms with Crippen molar-refractivity contribution in [3.8, 4) is 0 Å². The zero-order valence-corrected chi connectivity index (χ0v) is 13.3. The van der Waals surface area contributed by atoms with Crippen LogP contribution in [0.3, 0.4) is 0 Å². The summed E-state index contributed by atoms with van der Waals surface area (Å²) in [7, 11) is 5.91. The number of carboxylic acids is 1. The second-order valence-electron chi connectivity index (χ2n) is 4.90. The minimum atomic E-state index is -0.745. The van der Waals surface area contributed by atoms with E-state index in [1.54, 1.807) is 6.92 Å².